The van der Waals surface area contributed by atoms with Crippen LogP contribution in [0.4, 0.5) is 8.78 Å². The number of aliphatic hydroxyl groups excluding tert-OH is 1. The minimum absolute atomic E-state index is 0.0911. The van der Waals surface area contributed by atoms with Crippen LogP contribution in [0.2, 0.25) is 5.02 Å². The zero-order chi connectivity index (χ0) is 17.9. The summed E-state index contributed by atoms with van der Waals surface area (Å²) in [6, 6.07) is 11.8. The summed E-state index contributed by atoms with van der Waals surface area (Å²) < 4.78 is 26.5. The van der Waals surface area contributed by atoms with Crippen molar-refractivity contribution in [3.8, 4) is 0 Å². The number of nitrogens with zero attached hydrogens (tertiary/aromatic N) is 1. The number of benzene rings is 2. The number of rotatable bonds is 5. The van der Waals surface area contributed by atoms with Crippen LogP contribution in [0, 0.1) is 17.0 Å². The minimum atomic E-state index is -0.826. The van der Waals surface area contributed by atoms with E-state index in [-0.39, 0.29) is 12.0 Å². The monoisotopic (exact) mass is 365 g/mol. The molecule has 134 valence electrons. The van der Waals surface area contributed by atoms with Gasteiger partial charge in [-0.05, 0) is 61.2 Å². The molecule has 0 aromatic heterocycles. The number of halogens is 3. The molecule has 0 aliphatic carbocycles. The zero-order valence-electron chi connectivity index (χ0n) is 14.0. The molecule has 0 bridgehead atoms. The van der Waals surface area contributed by atoms with Gasteiger partial charge in [0.05, 0.1) is 6.61 Å². The van der Waals surface area contributed by atoms with E-state index in [0.29, 0.717) is 11.6 Å². The van der Waals surface area contributed by atoms with Crippen LogP contribution in [0.5, 0.6) is 0 Å². The van der Waals surface area contributed by atoms with Gasteiger partial charge in [0.1, 0.15) is 0 Å². The fraction of sp³-hybridized carbons (Fsp3) is 0.400. The fourth-order valence-electron chi connectivity index (χ4n) is 3.75. The maximum Gasteiger partial charge on any atom is 0.159 e. The van der Waals surface area contributed by atoms with Crippen molar-refractivity contribution in [2.24, 2.45) is 5.41 Å². The number of hydrogen-bond acceptors (Lipinski definition) is 2. The lowest BCUT2D eigenvalue weighted by Crippen LogP contribution is -2.46. The van der Waals surface area contributed by atoms with Gasteiger partial charge in [0.25, 0.3) is 0 Å². The van der Waals surface area contributed by atoms with Gasteiger partial charge in [0.15, 0.2) is 11.6 Å². The van der Waals surface area contributed by atoms with Gasteiger partial charge in [-0.3, -0.25) is 4.90 Å². The average Bonchev–Trinajstić information content (AvgIpc) is 2.58. The highest BCUT2D eigenvalue weighted by Gasteiger charge is 2.35. The third kappa shape index (κ3) is 4.57. The quantitative estimate of drug-likeness (QED) is 0.847. The lowest BCUT2D eigenvalue weighted by atomic mass is 9.75. The van der Waals surface area contributed by atoms with E-state index >= 15 is 0 Å². The SMILES string of the molecule is OCC1(Cc2cccc(Cl)c2)CCCN(Cc2ccc(F)c(F)c2)C1. The van der Waals surface area contributed by atoms with E-state index < -0.39 is 11.6 Å². The van der Waals surface area contributed by atoms with Crippen LogP contribution in [-0.4, -0.2) is 29.7 Å². The van der Waals surface area contributed by atoms with E-state index in [4.69, 9.17) is 11.6 Å². The Morgan fingerprint density at radius 1 is 1.08 bits per heavy atom. The smallest absolute Gasteiger partial charge is 0.159 e. The molecule has 0 saturated carbocycles. The van der Waals surface area contributed by atoms with Gasteiger partial charge >= 0.3 is 0 Å². The van der Waals surface area contributed by atoms with Gasteiger partial charge in [-0.25, -0.2) is 8.78 Å². The summed E-state index contributed by atoms with van der Waals surface area (Å²) in [7, 11) is 0. The third-order valence-corrected chi connectivity index (χ3v) is 5.17. The molecule has 5 heteroatoms. The van der Waals surface area contributed by atoms with Crippen molar-refractivity contribution in [3.63, 3.8) is 0 Å². The number of piperidine rings is 1. The Hall–Kier alpha value is -1.49. The predicted octanol–water partition coefficient (Wildman–Crippen LogP) is 4.44. The molecule has 2 aromatic rings. The van der Waals surface area contributed by atoms with Crippen molar-refractivity contribution in [2.75, 3.05) is 19.7 Å². The van der Waals surface area contributed by atoms with Crippen molar-refractivity contribution in [1.29, 1.82) is 0 Å². The highest BCUT2D eigenvalue weighted by molar-refractivity contribution is 6.30. The zero-order valence-corrected chi connectivity index (χ0v) is 14.8. The summed E-state index contributed by atoms with van der Waals surface area (Å²) in [6.45, 7) is 2.24. The van der Waals surface area contributed by atoms with Crippen molar-refractivity contribution in [1.82, 2.24) is 4.90 Å². The van der Waals surface area contributed by atoms with Gasteiger partial charge in [0, 0.05) is 23.5 Å². The molecular weight excluding hydrogens is 344 g/mol. The third-order valence-electron chi connectivity index (χ3n) is 4.93. The largest absolute Gasteiger partial charge is 0.396 e. The molecule has 0 amide bonds. The molecule has 1 saturated heterocycles. The standard InChI is InChI=1S/C20H22ClF2NO/c21-17-4-1-3-15(9-17)11-20(14-25)7-2-8-24(13-20)12-16-5-6-18(22)19(23)10-16/h1,3-6,9-10,25H,2,7-8,11-14H2. The molecule has 1 heterocycles. The topological polar surface area (TPSA) is 23.5 Å². The van der Waals surface area contributed by atoms with Gasteiger partial charge in [-0.2, -0.15) is 0 Å². The normalized spacial score (nSPS) is 21.4. The van der Waals surface area contributed by atoms with Crippen molar-refractivity contribution < 1.29 is 13.9 Å². The maximum absolute atomic E-state index is 13.4. The molecule has 3 rings (SSSR count). The molecule has 2 nitrogen and oxygen atoms in total. The van der Waals surface area contributed by atoms with Gasteiger partial charge < -0.3 is 5.11 Å². The average molecular weight is 366 g/mol. The maximum atomic E-state index is 13.4. The first kappa shape index (κ1) is 18.3. The van der Waals surface area contributed by atoms with Gasteiger partial charge in [0.2, 0.25) is 0 Å². The molecule has 25 heavy (non-hydrogen) atoms. The number of hydrogen-bond donors (Lipinski definition) is 1. The lowest BCUT2D eigenvalue weighted by molar-refractivity contribution is 0.0288. The van der Waals surface area contributed by atoms with Crippen molar-refractivity contribution in [2.45, 2.75) is 25.8 Å². The highest BCUT2D eigenvalue weighted by Crippen LogP contribution is 2.34. The summed E-state index contributed by atoms with van der Waals surface area (Å²) in [4.78, 5) is 2.21. The van der Waals surface area contributed by atoms with E-state index in [1.165, 1.54) is 12.1 Å². The molecule has 1 unspecified atom stereocenters. The molecule has 2 aromatic carbocycles. The molecule has 1 N–H and O–H groups in total. The van der Waals surface area contributed by atoms with Crippen LogP contribution in [0.15, 0.2) is 42.5 Å². The van der Waals surface area contributed by atoms with E-state index in [9.17, 15) is 13.9 Å². The summed E-state index contributed by atoms with van der Waals surface area (Å²) in [5.74, 6) is -1.64. The summed E-state index contributed by atoms with van der Waals surface area (Å²) in [5, 5.41) is 10.8. The Bertz CT molecular complexity index is 739. The molecular formula is C20H22ClF2NO. The van der Waals surface area contributed by atoms with E-state index in [2.05, 4.69) is 4.90 Å². The first-order valence-electron chi connectivity index (χ1n) is 8.51. The van der Waals surface area contributed by atoms with Gasteiger partial charge in [-0.1, -0.05) is 29.8 Å². The lowest BCUT2D eigenvalue weighted by Gasteiger charge is -2.42. The van der Waals surface area contributed by atoms with Crippen LogP contribution in [0.1, 0.15) is 24.0 Å². The minimum Gasteiger partial charge on any atom is -0.396 e. The Kier molecular flexibility index (Phi) is 5.72. The molecule has 1 aliphatic rings. The van der Waals surface area contributed by atoms with Crippen molar-refractivity contribution >= 4 is 11.6 Å². The molecule has 1 aliphatic heterocycles. The number of likely N-dealkylation sites (tertiary alicyclic amines) is 1. The second-order valence-corrected chi connectivity index (χ2v) is 7.46. The number of aliphatic hydroxyl groups is 1. The Balaban J connectivity index is 1.72. The van der Waals surface area contributed by atoms with E-state index in [1.54, 1.807) is 6.07 Å². The predicted molar refractivity (Wildman–Crippen MR) is 95.5 cm³/mol. The fourth-order valence-corrected chi connectivity index (χ4v) is 3.96. The van der Waals surface area contributed by atoms with Crippen molar-refractivity contribution in [3.05, 3.63) is 70.2 Å². The summed E-state index contributed by atoms with van der Waals surface area (Å²) in [5.41, 5.74) is 1.62. The van der Waals surface area contributed by atoms with E-state index in [1.807, 2.05) is 24.3 Å². The molecule has 0 radical (unpaired) electrons. The second-order valence-electron chi connectivity index (χ2n) is 7.03. The Morgan fingerprint density at radius 3 is 2.64 bits per heavy atom. The Labute approximate surface area is 152 Å². The first-order chi connectivity index (χ1) is 12.0. The van der Waals surface area contributed by atoms with E-state index in [0.717, 1.165) is 43.5 Å². The van der Waals surface area contributed by atoms with Crippen LogP contribution >= 0.6 is 11.6 Å². The van der Waals surface area contributed by atoms with Crippen LogP contribution < -0.4 is 0 Å². The highest BCUT2D eigenvalue weighted by atomic mass is 35.5. The molecule has 1 fully saturated rings. The van der Waals surface area contributed by atoms with Crippen LogP contribution in [-0.2, 0) is 13.0 Å². The van der Waals surface area contributed by atoms with Gasteiger partial charge in [-0.15, -0.1) is 0 Å². The summed E-state index contributed by atoms with van der Waals surface area (Å²) >= 11 is 6.08. The Morgan fingerprint density at radius 2 is 1.92 bits per heavy atom. The molecule has 0 spiro atoms. The second kappa shape index (κ2) is 7.81. The molecule has 1 atom stereocenters. The summed E-state index contributed by atoms with van der Waals surface area (Å²) in [6.07, 6.45) is 2.65. The first-order valence-corrected chi connectivity index (χ1v) is 8.89. The van der Waals surface area contributed by atoms with Crippen LogP contribution in [0.3, 0.4) is 0 Å². The van der Waals surface area contributed by atoms with Crippen LogP contribution in [0.25, 0.3) is 0 Å².